The van der Waals surface area contributed by atoms with Crippen molar-refractivity contribution in [3.63, 3.8) is 0 Å². The highest BCUT2D eigenvalue weighted by atomic mass is 15.3. The van der Waals surface area contributed by atoms with Gasteiger partial charge in [-0.3, -0.25) is 9.58 Å². The Hall–Kier alpha value is -1.95. The van der Waals surface area contributed by atoms with Crippen molar-refractivity contribution in [2.45, 2.75) is 38.8 Å². The second-order valence-corrected chi connectivity index (χ2v) is 5.92. The molecule has 0 amide bonds. The zero-order valence-corrected chi connectivity index (χ0v) is 13.6. The van der Waals surface area contributed by atoms with E-state index in [-0.39, 0.29) is 0 Å². The lowest BCUT2D eigenvalue weighted by molar-refractivity contribution is 0.137. The van der Waals surface area contributed by atoms with Crippen LogP contribution in [-0.4, -0.2) is 38.2 Å². The minimum absolute atomic E-state index is 0.364. The molecule has 0 aliphatic carbocycles. The van der Waals surface area contributed by atoms with E-state index in [9.17, 15) is 0 Å². The minimum Gasteiger partial charge on any atom is -0.357 e. The zero-order valence-electron chi connectivity index (χ0n) is 13.6. The molecule has 0 bridgehead atoms. The molecule has 22 heavy (non-hydrogen) atoms. The lowest BCUT2D eigenvalue weighted by Gasteiger charge is -2.35. The largest absolute Gasteiger partial charge is 0.357 e. The molecule has 1 atom stereocenters. The highest BCUT2D eigenvalue weighted by Gasteiger charge is 2.26. The molecule has 6 nitrogen and oxygen atoms in total. The number of nitrogens with one attached hydrogen (secondary N) is 1. The molecule has 0 spiro atoms. The number of anilines is 1. The van der Waals surface area contributed by atoms with E-state index in [0.717, 1.165) is 25.2 Å². The SMILES string of the molecule is CNc1nccc([C@H]2CCCCN2Cc2cnn(C)c2C)n1. The van der Waals surface area contributed by atoms with E-state index < -0.39 is 0 Å². The van der Waals surface area contributed by atoms with E-state index in [1.807, 2.05) is 37.2 Å². The molecule has 1 fully saturated rings. The Balaban J connectivity index is 1.83. The lowest BCUT2D eigenvalue weighted by atomic mass is 9.98. The van der Waals surface area contributed by atoms with Crippen LogP contribution in [0.15, 0.2) is 18.5 Å². The van der Waals surface area contributed by atoms with Gasteiger partial charge < -0.3 is 5.32 Å². The van der Waals surface area contributed by atoms with Gasteiger partial charge in [0.05, 0.1) is 17.9 Å². The molecule has 2 aromatic heterocycles. The van der Waals surface area contributed by atoms with Gasteiger partial charge in [-0.25, -0.2) is 9.97 Å². The fraction of sp³-hybridized carbons (Fsp3) is 0.562. The van der Waals surface area contributed by atoms with Gasteiger partial charge in [-0.2, -0.15) is 5.10 Å². The highest BCUT2D eigenvalue weighted by molar-refractivity contribution is 5.25. The predicted octanol–water partition coefficient (Wildman–Crippen LogP) is 2.29. The summed E-state index contributed by atoms with van der Waals surface area (Å²) in [6.07, 6.45) is 7.49. The van der Waals surface area contributed by atoms with E-state index in [4.69, 9.17) is 0 Å². The Morgan fingerprint density at radius 1 is 1.36 bits per heavy atom. The van der Waals surface area contributed by atoms with Crippen LogP contribution in [0.5, 0.6) is 0 Å². The molecule has 1 N–H and O–H groups in total. The maximum Gasteiger partial charge on any atom is 0.222 e. The molecule has 6 heteroatoms. The quantitative estimate of drug-likeness (QED) is 0.939. The molecular weight excluding hydrogens is 276 g/mol. The summed E-state index contributed by atoms with van der Waals surface area (Å²) >= 11 is 0. The first kappa shape index (κ1) is 15.0. The standard InChI is InChI=1S/C16H24N6/c1-12-13(10-19-21(12)3)11-22-9-5-4-6-15(22)14-7-8-18-16(17-2)20-14/h7-8,10,15H,4-6,9,11H2,1-3H3,(H,17,18,20)/t15-/m1/s1. The van der Waals surface area contributed by atoms with Crippen molar-refractivity contribution in [1.82, 2.24) is 24.6 Å². The van der Waals surface area contributed by atoms with Crippen LogP contribution in [0.3, 0.4) is 0 Å². The molecule has 3 heterocycles. The zero-order chi connectivity index (χ0) is 15.5. The third-order valence-corrected chi connectivity index (χ3v) is 4.57. The molecule has 0 unspecified atom stereocenters. The van der Waals surface area contributed by atoms with Crippen LogP contribution < -0.4 is 5.32 Å². The van der Waals surface area contributed by atoms with Crippen LogP contribution in [-0.2, 0) is 13.6 Å². The number of hydrogen-bond donors (Lipinski definition) is 1. The average molecular weight is 300 g/mol. The van der Waals surface area contributed by atoms with Gasteiger partial charge in [0.25, 0.3) is 0 Å². The molecule has 0 radical (unpaired) electrons. The third kappa shape index (κ3) is 2.97. The first-order chi connectivity index (χ1) is 10.7. The van der Waals surface area contributed by atoms with Gasteiger partial charge in [-0.05, 0) is 32.4 Å². The van der Waals surface area contributed by atoms with Crippen molar-refractivity contribution in [3.05, 3.63) is 35.4 Å². The van der Waals surface area contributed by atoms with Crippen LogP contribution >= 0.6 is 0 Å². The summed E-state index contributed by atoms with van der Waals surface area (Å²) in [6.45, 7) is 4.17. The first-order valence-electron chi connectivity index (χ1n) is 7.91. The number of nitrogens with zero attached hydrogens (tertiary/aromatic N) is 5. The number of likely N-dealkylation sites (tertiary alicyclic amines) is 1. The number of rotatable bonds is 4. The van der Waals surface area contributed by atoms with Crippen LogP contribution in [0.1, 0.15) is 42.3 Å². The van der Waals surface area contributed by atoms with Crippen LogP contribution in [0, 0.1) is 6.92 Å². The molecule has 118 valence electrons. The van der Waals surface area contributed by atoms with Gasteiger partial charge in [0.15, 0.2) is 0 Å². The fourth-order valence-corrected chi connectivity index (χ4v) is 3.11. The Morgan fingerprint density at radius 3 is 2.95 bits per heavy atom. The van der Waals surface area contributed by atoms with E-state index >= 15 is 0 Å². The normalized spacial score (nSPS) is 19.3. The molecule has 3 rings (SSSR count). The highest BCUT2D eigenvalue weighted by Crippen LogP contribution is 2.31. The smallest absolute Gasteiger partial charge is 0.222 e. The van der Waals surface area contributed by atoms with Crippen molar-refractivity contribution < 1.29 is 0 Å². The van der Waals surface area contributed by atoms with Gasteiger partial charge in [-0.15, -0.1) is 0 Å². The molecular formula is C16H24N6. The van der Waals surface area contributed by atoms with Gasteiger partial charge in [-0.1, -0.05) is 6.42 Å². The third-order valence-electron chi connectivity index (χ3n) is 4.57. The number of aromatic nitrogens is 4. The van der Waals surface area contributed by atoms with Gasteiger partial charge in [0, 0.05) is 38.1 Å². The topological polar surface area (TPSA) is 58.9 Å². The molecule has 1 saturated heterocycles. The monoisotopic (exact) mass is 300 g/mol. The molecule has 0 saturated carbocycles. The summed E-state index contributed by atoms with van der Waals surface area (Å²) in [7, 11) is 3.85. The number of aryl methyl sites for hydroxylation is 1. The van der Waals surface area contributed by atoms with Crippen LogP contribution in [0.4, 0.5) is 5.95 Å². The van der Waals surface area contributed by atoms with Crippen molar-refractivity contribution in [1.29, 1.82) is 0 Å². The van der Waals surface area contributed by atoms with Crippen molar-refractivity contribution in [3.8, 4) is 0 Å². The van der Waals surface area contributed by atoms with Gasteiger partial charge in [0.2, 0.25) is 5.95 Å². The Bertz CT molecular complexity index is 635. The second kappa shape index (κ2) is 6.44. The summed E-state index contributed by atoms with van der Waals surface area (Å²) in [4.78, 5) is 11.4. The lowest BCUT2D eigenvalue weighted by Crippen LogP contribution is -2.33. The predicted molar refractivity (Wildman–Crippen MR) is 86.5 cm³/mol. The summed E-state index contributed by atoms with van der Waals surface area (Å²) in [5, 5.41) is 7.39. The maximum atomic E-state index is 4.65. The van der Waals surface area contributed by atoms with E-state index in [2.05, 4.69) is 32.2 Å². The van der Waals surface area contributed by atoms with Crippen molar-refractivity contribution >= 4 is 5.95 Å². The molecule has 0 aromatic carbocycles. The summed E-state index contributed by atoms with van der Waals surface area (Å²) < 4.78 is 1.94. The second-order valence-electron chi connectivity index (χ2n) is 5.92. The summed E-state index contributed by atoms with van der Waals surface area (Å²) in [5.74, 6) is 0.695. The average Bonchev–Trinajstić information content (AvgIpc) is 2.87. The maximum absolute atomic E-state index is 4.65. The Kier molecular flexibility index (Phi) is 4.38. The molecule has 1 aliphatic heterocycles. The summed E-state index contributed by atoms with van der Waals surface area (Å²) in [5.41, 5.74) is 3.65. The number of piperidine rings is 1. The first-order valence-corrected chi connectivity index (χ1v) is 7.91. The minimum atomic E-state index is 0.364. The van der Waals surface area contributed by atoms with Crippen LogP contribution in [0.2, 0.25) is 0 Å². The number of hydrogen-bond acceptors (Lipinski definition) is 5. The van der Waals surface area contributed by atoms with E-state index in [1.165, 1.54) is 24.1 Å². The van der Waals surface area contributed by atoms with Gasteiger partial charge >= 0.3 is 0 Å². The summed E-state index contributed by atoms with van der Waals surface area (Å²) in [6, 6.07) is 2.41. The van der Waals surface area contributed by atoms with Crippen LogP contribution in [0.25, 0.3) is 0 Å². The van der Waals surface area contributed by atoms with E-state index in [0.29, 0.717) is 12.0 Å². The van der Waals surface area contributed by atoms with E-state index in [1.54, 1.807) is 0 Å². The van der Waals surface area contributed by atoms with Crippen molar-refractivity contribution in [2.75, 3.05) is 18.9 Å². The van der Waals surface area contributed by atoms with Crippen molar-refractivity contribution in [2.24, 2.45) is 7.05 Å². The molecule has 2 aromatic rings. The molecule has 1 aliphatic rings. The Morgan fingerprint density at radius 2 is 2.23 bits per heavy atom. The Labute approximate surface area is 131 Å². The van der Waals surface area contributed by atoms with Gasteiger partial charge in [0.1, 0.15) is 0 Å². The fourth-order valence-electron chi connectivity index (χ4n) is 3.11.